The van der Waals surface area contributed by atoms with E-state index in [-0.39, 0.29) is 12.5 Å². The Balaban J connectivity index is 1.78. The summed E-state index contributed by atoms with van der Waals surface area (Å²) in [4.78, 5) is 31.0. The van der Waals surface area contributed by atoms with E-state index in [1.54, 1.807) is 4.90 Å². The first-order valence-corrected chi connectivity index (χ1v) is 8.26. The SMILES string of the molecule is NC(=O)[C@H]1CN(C(=O)c2c3c(nc4ccccc24)CCC3)CCO1. The summed E-state index contributed by atoms with van der Waals surface area (Å²) in [6, 6.07) is 7.74. The maximum atomic E-state index is 13.2. The van der Waals surface area contributed by atoms with E-state index in [9.17, 15) is 9.59 Å². The maximum Gasteiger partial charge on any atom is 0.255 e. The first kappa shape index (κ1) is 15.1. The highest BCUT2D eigenvalue weighted by Gasteiger charge is 2.31. The number of primary amides is 1. The highest BCUT2D eigenvalue weighted by Crippen LogP contribution is 2.31. The third-order valence-electron chi connectivity index (χ3n) is 4.80. The molecule has 1 fully saturated rings. The van der Waals surface area contributed by atoms with Gasteiger partial charge in [0.1, 0.15) is 0 Å². The molecule has 1 saturated heterocycles. The van der Waals surface area contributed by atoms with Crippen LogP contribution in [0.15, 0.2) is 24.3 Å². The van der Waals surface area contributed by atoms with Crippen molar-refractivity contribution in [2.45, 2.75) is 25.4 Å². The van der Waals surface area contributed by atoms with Crippen LogP contribution in [0.1, 0.15) is 28.0 Å². The van der Waals surface area contributed by atoms with Crippen LogP contribution in [-0.4, -0.2) is 47.5 Å². The van der Waals surface area contributed by atoms with Crippen molar-refractivity contribution in [3.05, 3.63) is 41.1 Å². The molecule has 6 nitrogen and oxygen atoms in total. The number of pyridine rings is 1. The molecule has 1 aromatic heterocycles. The van der Waals surface area contributed by atoms with Crippen molar-refractivity contribution in [3.8, 4) is 0 Å². The fourth-order valence-electron chi connectivity index (χ4n) is 3.62. The van der Waals surface area contributed by atoms with Crippen molar-refractivity contribution in [2.24, 2.45) is 5.73 Å². The number of hydrogen-bond donors (Lipinski definition) is 1. The molecule has 2 aliphatic rings. The quantitative estimate of drug-likeness (QED) is 0.894. The summed E-state index contributed by atoms with van der Waals surface area (Å²) in [5.41, 5.74) is 9.00. The van der Waals surface area contributed by atoms with Crippen LogP contribution in [0.4, 0.5) is 0 Å². The molecule has 2 aromatic rings. The normalized spacial score (nSPS) is 20.2. The van der Waals surface area contributed by atoms with Crippen molar-refractivity contribution in [1.29, 1.82) is 0 Å². The second kappa shape index (κ2) is 5.87. The van der Waals surface area contributed by atoms with Crippen LogP contribution < -0.4 is 5.73 Å². The number of aromatic nitrogens is 1. The fraction of sp³-hybridized carbons (Fsp3) is 0.389. The Bertz CT molecular complexity index is 834. The van der Waals surface area contributed by atoms with Crippen molar-refractivity contribution >= 4 is 22.7 Å². The molecular weight excluding hydrogens is 306 g/mol. The molecule has 1 aromatic carbocycles. The topological polar surface area (TPSA) is 85.5 Å². The number of para-hydroxylation sites is 1. The summed E-state index contributed by atoms with van der Waals surface area (Å²) < 4.78 is 5.36. The monoisotopic (exact) mass is 325 g/mol. The molecule has 2 heterocycles. The Kier molecular flexibility index (Phi) is 3.69. The molecule has 1 aliphatic heterocycles. The van der Waals surface area contributed by atoms with Gasteiger partial charge in [0.15, 0.2) is 6.10 Å². The third-order valence-corrected chi connectivity index (χ3v) is 4.80. The van der Waals surface area contributed by atoms with Gasteiger partial charge in [-0.15, -0.1) is 0 Å². The second-order valence-corrected chi connectivity index (χ2v) is 6.30. The standard InChI is InChI=1S/C18H19N3O3/c19-17(22)15-10-21(8-9-24-15)18(23)16-11-4-1-2-6-13(11)20-14-7-3-5-12(14)16/h1-2,4,6,15H,3,5,7-10H2,(H2,19,22)/t15-/m1/s1. The number of aryl methyl sites for hydroxylation is 1. The van der Waals surface area contributed by atoms with Crippen molar-refractivity contribution in [3.63, 3.8) is 0 Å². The number of carbonyl (C=O) groups excluding carboxylic acids is 2. The third kappa shape index (κ3) is 2.43. The van der Waals surface area contributed by atoms with Crippen LogP contribution in [0.5, 0.6) is 0 Å². The average molecular weight is 325 g/mol. The molecule has 0 radical (unpaired) electrons. The van der Waals surface area contributed by atoms with Gasteiger partial charge in [0.25, 0.3) is 5.91 Å². The minimum absolute atomic E-state index is 0.0544. The van der Waals surface area contributed by atoms with Crippen LogP contribution in [0.25, 0.3) is 10.9 Å². The zero-order chi connectivity index (χ0) is 16.7. The molecule has 2 N–H and O–H groups in total. The summed E-state index contributed by atoms with van der Waals surface area (Å²) >= 11 is 0. The van der Waals surface area contributed by atoms with Gasteiger partial charge in [-0.1, -0.05) is 18.2 Å². The lowest BCUT2D eigenvalue weighted by atomic mass is 9.99. The number of rotatable bonds is 2. The number of carbonyl (C=O) groups is 2. The average Bonchev–Trinajstić information content (AvgIpc) is 3.07. The molecule has 1 aliphatic carbocycles. The second-order valence-electron chi connectivity index (χ2n) is 6.30. The van der Waals surface area contributed by atoms with Gasteiger partial charge < -0.3 is 15.4 Å². The number of benzene rings is 1. The Morgan fingerprint density at radius 2 is 2.08 bits per heavy atom. The lowest BCUT2D eigenvalue weighted by Gasteiger charge is -2.32. The van der Waals surface area contributed by atoms with E-state index in [1.165, 1.54) is 0 Å². The minimum atomic E-state index is -0.733. The molecular formula is C18H19N3O3. The lowest BCUT2D eigenvalue weighted by Crippen LogP contribution is -2.50. The Morgan fingerprint density at radius 3 is 2.92 bits per heavy atom. The summed E-state index contributed by atoms with van der Waals surface area (Å²) in [5.74, 6) is -0.585. The summed E-state index contributed by atoms with van der Waals surface area (Å²) in [7, 11) is 0. The molecule has 0 spiro atoms. The highest BCUT2D eigenvalue weighted by molar-refractivity contribution is 6.08. The van der Waals surface area contributed by atoms with E-state index < -0.39 is 12.0 Å². The number of nitrogens with zero attached hydrogens (tertiary/aromatic N) is 2. The van der Waals surface area contributed by atoms with Gasteiger partial charge in [-0.05, 0) is 30.9 Å². The first-order chi connectivity index (χ1) is 11.6. The van der Waals surface area contributed by atoms with Crippen LogP contribution >= 0.6 is 0 Å². The van der Waals surface area contributed by atoms with E-state index in [4.69, 9.17) is 15.5 Å². The van der Waals surface area contributed by atoms with E-state index in [0.717, 1.165) is 47.0 Å². The molecule has 1 atom stereocenters. The van der Waals surface area contributed by atoms with Gasteiger partial charge in [0.05, 0.1) is 24.2 Å². The van der Waals surface area contributed by atoms with Crippen molar-refractivity contribution in [2.75, 3.05) is 19.7 Å². The molecule has 0 unspecified atom stereocenters. The largest absolute Gasteiger partial charge is 0.367 e. The molecule has 4 rings (SSSR count). The molecule has 0 bridgehead atoms. The van der Waals surface area contributed by atoms with Crippen LogP contribution in [0.3, 0.4) is 0 Å². The minimum Gasteiger partial charge on any atom is -0.367 e. The van der Waals surface area contributed by atoms with Gasteiger partial charge in [-0.25, -0.2) is 0 Å². The smallest absolute Gasteiger partial charge is 0.255 e. The van der Waals surface area contributed by atoms with E-state index in [1.807, 2.05) is 24.3 Å². The summed E-state index contributed by atoms with van der Waals surface area (Å²) in [6.45, 7) is 0.998. The zero-order valence-corrected chi connectivity index (χ0v) is 13.3. The van der Waals surface area contributed by atoms with E-state index in [0.29, 0.717) is 13.2 Å². The predicted octanol–water partition coefficient (Wildman–Crippen LogP) is 1.05. The first-order valence-electron chi connectivity index (χ1n) is 8.26. The summed E-state index contributed by atoms with van der Waals surface area (Å²) in [6.07, 6.45) is 2.07. The predicted molar refractivity (Wildman–Crippen MR) is 88.6 cm³/mol. The van der Waals surface area contributed by atoms with Crippen LogP contribution in [0.2, 0.25) is 0 Å². The van der Waals surface area contributed by atoms with Crippen LogP contribution in [0, 0.1) is 0 Å². The zero-order valence-electron chi connectivity index (χ0n) is 13.3. The summed E-state index contributed by atoms with van der Waals surface area (Å²) in [5, 5.41) is 0.880. The molecule has 2 amide bonds. The number of morpholine rings is 1. The fourth-order valence-corrected chi connectivity index (χ4v) is 3.62. The molecule has 24 heavy (non-hydrogen) atoms. The number of hydrogen-bond acceptors (Lipinski definition) is 4. The maximum absolute atomic E-state index is 13.2. The highest BCUT2D eigenvalue weighted by atomic mass is 16.5. The van der Waals surface area contributed by atoms with E-state index >= 15 is 0 Å². The molecule has 6 heteroatoms. The molecule has 124 valence electrons. The van der Waals surface area contributed by atoms with Crippen LogP contribution in [-0.2, 0) is 22.4 Å². The van der Waals surface area contributed by atoms with Gasteiger partial charge in [-0.2, -0.15) is 0 Å². The van der Waals surface area contributed by atoms with Gasteiger partial charge in [-0.3, -0.25) is 14.6 Å². The van der Waals surface area contributed by atoms with E-state index in [2.05, 4.69) is 0 Å². The Labute approximate surface area is 139 Å². The lowest BCUT2D eigenvalue weighted by molar-refractivity contribution is -0.133. The Morgan fingerprint density at radius 1 is 1.25 bits per heavy atom. The van der Waals surface area contributed by atoms with Crippen molar-refractivity contribution < 1.29 is 14.3 Å². The number of nitrogens with two attached hydrogens (primary N) is 1. The van der Waals surface area contributed by atoms with Crippen molar-refractivity contribution in [1.82, 2.24) is 9.88 Å². The number of fused-ring (bicyclic) bond motifs is 2. The number of ether oxygens (including phenoxy) is 1. The number of amides is 2. The Hall–Kier alpha value is -2.47. The van der Waals surface area contributed by atoms with Gasteiger partial charge >= 0.3 is 0 Å². The van der Waals surface area contributed by atoms with Gasteiger partial charge in [0.2, 0.25) is 5.91 Å². The van der Waals surface area contributed by atoms with Gasteiger partial charge in [0, 0.05) is 17.6 Å². The molecule has 0 saturated carbocycles.